The first-order valence-corrected chi connectivity index (χ1v) is 6.30. The maximum atomic E-state index is 13.8. The highest BCUT2D eigenvalue weighted by Gasteiger charge is 2.11. The van der Waals surface area contributed by atoms with Crippen molar-refractivity contribution in [2.45, 2.75) is 20.4 Å². The number of aryl methyl sites for hydroxylation is 2. The van der Waals surface area contributed by atoms with Crippen molar-refractivity contribution in [2.24, 2.45) is 0 Å². The summed E-state index contributed by atoms with van der Waals surface area (Å²) in [6.07, 6.45) is 0. The number of benzene rings is 2. The van der Waals surface area contributed by atoms with Gasteiger partial charge in [-0.2, -0.15) is 0 Å². The molecular formula is C16H19FN2. The topological polar surface area (TPSA) is 29.3 Å². The fraction of sp³-hybridized carbons (Fsp3) is 0.250. The summed E-state index contributed by atoms with van der Waals surface area (Å²) < 4.78 is 13.8. The molecular weight excluding hydrogens is 239 g/mol. The van der Waals surface area contributed by atoms with Crippen molar-refractivity contribution in [3.05, 3.63) is 58.9 Å². The zero-order valence-electron chi connectivity index (χ0n) is 11.6. The van der Waals surface area contributed by atoms with Crippen LogP contribution in [0.25, 0.3) is 0 Å². The van der Waals surface area contributed by atoms with Gasteiger partial charge in [-0.15, -0.1) is 0 Å². The molecule has 0 radical (unpaired) electrons. The van der Waals surface area contributed by atoms with Crippen molar-refractivity contribution in [2.75, 3.05) is 17.7 Å². The molecule has 0 saturated heterocycles. The van der Waals surface area contributed by atoms with Crippen molar-refractivity contribution < 1.29 is 4.39 Å². The Hall–Kier alpha value is -2.03. The van der Waals surface area contributed by atoms with E-state index in [1.807, 2.05) is 11.9 Å². The maximum absolute atomic E-state index is 13.8. The Morgan fingerprint density at radius 2 is 1.89 bits per heavy atom. The van der Waals surface area contributed by atoms with E-state index in [1.54, 1.807) is 12.1 Å². The number of hydrogen-bond donors (Lipinski definition) is 1. The summed E-state index contributed by atoms with van der Waals surface area (Å²) in [7, 11) is 1.95. The molecule has 3 heteroatoms. The molecule has 2 aromatic rings. The number of anilines is 2. The van der Waals surface area contributed by atoms with Crippen LogP contribution < -0.4 is 10.6 Å². The van der Waals surface area contributed by atoms with Gasteiger partial charge in [-0.1, -0.05) is 23.8 Å². The highest BCUT2D eigenvalue weighted by atomic mass is 19.1. The average Bonchev–Trinajstić information content (AvgIpc) is 2.33. The third-order valence-electron chi connectivity index (χ3n) is 3.31. The number of rotatable bonds is 3. The van der Waals surface area contributed by atoms with Gasteiger partial charge in [0, 0.05) is 30.5 Å². The molecule has 2 nitrogen and oxygen atoms in total. The fourth-order valence-electron chi connectivity index (χ4n) is 2.30. The normalized spacial score (nSPS) is 10.5. The van der Waals surface area contributed by atoms with Crippen molar-refractivity contribution in [1.29, 1.82) is 0 Å². The van der Waals surface area contributed by atoms with Gasteiger partial charge in [0.15, 0.2) is 0 Å². The fourth-order valence-corrected chi connectivity index (χ4v) is 2.30. The summed E-state index contributed by atoms with van der Waals surface area (Å²) in [4.78, 5) is 2.02. The lowest BCUT2D eigenvalue weighted by Gasteiger charge is -2.23. The molecule has 0 atom stereocenters. The molecule has 0 aliphatic rings. The lowest BCUT2D eigenvalue weighted by molar-refractivity contribution is 0.609. The van der Waals surface area contributed by atoms with E-state index in [4.69, 9.17) is 5.73 Å². The molecule has 0 aliphatic carbocycles. The van der Waals surface area contributed by atoms with Crippen LogP contribution in [0.4, 0.5) is 15.8 Å². The van der Waals surface area contributed by atoms with E-state index in [9.17, 15) is 4.39 Å². The number of nitrogens with zero attached hydrogens (tertiary/aromatic N) is 1. The summed E-state index contributed by atoms with van der Waals surface area (Å²) >= 11 is 0. The molecule has 100 valence electrons. The minimum Gasteiger partial charge on any atom is -0.398 e. The van der Waals surface area contributed by atoms with Crippen molar-refractivity contribution in [3.8, 4) is 0 Å². The van der Waals surface area contributed by atoms with Gasteiger partial charge < -0.3 is 10.6 Å². The SMILES string of the molecule is Cc1ccc(N(C)Cc2c(N)cccc2F)c(C)c1. The molecule has 0 saturated carbocycles. The number of nitrogen functional groups attached to an aromatic ring is 1. The van der Waals surface area contributed by atoms with E-state index in [0.717, 1.165) is 5.69 Å². The molecule has 19 heavy (non-hydrogen) atoms. The third-order valence-corrected chi connectivity index (χ3v) is 3.31. The third kappa shape index (κ3) is 2.87. The molecule has 0 fully saturated rings. The van der Waals surface area contributed by atoms with Crippen LogP contribution in [0.1, 0.15) is 16.7 Å². The van der Waals surface area contributed by atoms with Gasteiger partial charge in [0.25, 0.3) is 0 Å². The molecule has 2 aromatic carbocycles. The second-order valence-corrected chi connectivity index (χ2v) is 4.95. The Balaban J connectivity index is 2.28. The Bertz CT molecular complexity index is 573. The highest BCUT2D eigenvalue weighted by Crippen LogP contribution is 2.24. The first-order chi connectivity index (χ1) is 8.99. The van der Waals surface area contributed by atoms with Crippen LogP contribution >= 0.6 is 0 Å². The molecule has 0 unspecified atom stereocenters. The Labute approximate surface area is 113 Å². The molecule has 0 aromatic heterocycles. The summed E-state index contributed by atoms with van der Waals surface area (Å²) in [5.74, 6) is -0.253. The summed E-state index contributed by atoms with van der Waals surface area (Å²) in [5, 5.41) is 0. The summed E-state index contributed by atoms with van der Waals surface area (Å²) in [6, 6.07) is 11.0. The van der Waals surface area contributed by atoms with Crippen LogP contribution in [0.2, 0.25) is 0 Å². The van der Waals surface area contributed by atoms with E-state index in [1.165, 1.54) is 17.2 Å². The van der Waals surface area contributed by atoms with E-state index in [2.05, 4.69) is 32.0 Å². The average molecular weight is 258 g/mol. The Kier molecular flexibility index (Phi) is 3.74. The largest absolute Gasteiger partial charge is 0.398 e. The van der Waals surface area contributed by atoms with E-state index >= 15 is 0 Å². The lowest BCUT2D eigenvalue weighted by atomic mass is 10.1. The maximum Gasteiger partial charge on any atom is 0.130 e. The Morgan fingerprint density at radius 1 is 1.16 bits per heavy atom. The molecule has 0 spiro atoms. The van der Waals surface area contributed by atoms with Gasteiger partial charge in [-0.05, 0) is 37.6 Å². The molecule has 0 amide bonds. The van der Waals surface area contributed by atoms with Crippen molar-refractivity contribution in [3.63, 3.8) is 0 Å². The van der Waals surface area contributed by atoms with E-state index < -0.39 is 0 Å². The standard InChI is InChI=1S/C16H19FN2/c1-11-7-8-16(12(2)9-11)19(3)10-13-14(17)5-4-6-15(13)18/h4-9H,10,18H2,1-3H3. The van der Waals surface area contributed by atoms with E-state index in [0.29, 0.717) is 17.8 Å². The van der Waals surface area contributed by atoms with Gasteiger partial charge in [0.1, 0.15) is 5.82 Å². The molecule has 0 heterocycles. The zero-order chi connectivity index (χ0) is 14.0. The minimum atomic E-state index is -0.253. The van der Waals surface area contributed by atoms with Crippen LogP contribution in [0.3, 0.4) is 0 Å². The lowest BCUT2D eigenvalue weighted by Crippen LogP contribution is -2.19. The Morgan fingerprint density at radius 3 is 2.53 bits per heavy atom. The number of halogens is 1. The second-order valence-electron chi connectivity index (χ2n) is 4.95. The number of hydrogen-bond acceptors (Lipinski definition) is 2. The van der Waals surface area contributed by atoms with Gasteiger partial charge in [0.2, 0.25) is 0 Å². The summed E-state index contributed by atoms with van der Waals surface area (Å²) in [6.45, 7) is 4.58. The number of nitrogens with two attached hydrogens (primary N) is 1. The van der Waals surface area contributed by atoms with Crippen molar-refractivity contribution in [1.82, 2.24) is 0 Å². The van der Waals surface area contributed by atoms with Crippen molar-refractivity contribution >= 4 is 11.4 Å². The highest BCUT2D eigenvalue weighted by molar-refractivity contribution is 5.56. The van der Waals surface area contributed by atoms with Crippen LogP contribution in [0.15, 0.2) is 36.4 Å². The monoisotopic (exact) mass is 258 g/mol. The minimum absolute atomic E-state index is 0.253. The summed E-state index contributed by atoms with van der Waals surface area (Å²) in [5.41, 5.74) is 10.4. The predicted molar refractivity (Wildman–Crippen MR) is 78.8 cm³/mol. The molecule has 2 rings (SSSR count). The smallest absolute Gasteiger partial charge is 0.130 e. The van der Waals surface area contributed by atoms with Crippen LogP contribution in [-0.4, -0.2) is 7.05 Å². The van der Waals surface area contributed by atoms with Crippen LogP contribution in [-0.2, 0) is 6.54 Å². The van der Waals surface area contributed by atoms with Gasteiger partial charge in [-0.3, -0.25) is 0 Å². The van der Waals surface area contributed by atoms with Crippen LogP contribution in [0, 0.1) is 19.7 Å². The quantitative estimate of drug-likeness (QED) is 0.851. The zero-order valence-corrected chi connectivity index (χ0v) is 11.6. The van der Waals surface area contributed by atoms with E-state index in [-0.39, 0.29) is 5.82 Å². The molecule has 0 bridgehead atoms. The van der Waals surface area contributed by atoms with Gasteiger partial charge in [-0.25, -0.2) is 4.39 Å². The van der Waals surface area contributed by atoms with Crippen LogP contribution in [0.5, 0.6) is 0 Å². The molecule has 2 N–H and O–H groups in total. The van der Waals surface area contributed by atoms with Gasteiger partial charge in [0.05, 0.1) is 0 Å². The first kappa shape index (κ1) is 13.4. The van der Waals surface area contributed by atoms with Gasteiger partial charge >= 0.3 is 0 Å². The molecule has 0 aliphatic heterocycles. The predicted octanol–water partition coefficient (Wildman–Crippen LogP) is 3.66. The first-order valence-electron chi connectivity index (χ1n) is 6.30. The second kappa shape index (κ2) is 5.31.